The van der Waals surface area contributed by atoms with Crippen LogP contribution < -0.4 is 9.47 Å². The van der Waals surface area contributed by atoms with Crippen LogP contribution in [-0.4, -0.2) is 19.0 Å². The lowest BCUT2D eigenvalue weighted by Gasteiger charge is -2.17. The highest BCUT2D eigenvalue weighted by atomic mass is 35.5. The fourth-order valence-corrected chi connectivity index (χ4v) is 2.37. The molecule has 0 aliphatic carbocycles. The third kappa shape index (κ3) is 4.89. The molecule has 0 fully saturated rings. The number of ether oxygens (including phenoxy) is 3. The first-order valence-electron chi connectivity index (χ1n) is 7.22. The number of methoxy groups -OCH3 is 1. The Kier molecular flexibility index (Phi) is 6.29. The molecule has 0 saturated heterocycles. The van der Waals surface area contributed by atoms with E-state index in [0.717, 1.165) is 11.1 Å². The molecule has 0 radical (unpaired) electrons. The summed E-state index contributed by atoms with van der Waals surface area (Å²) < 4.78 is 16.4. The standard InChI is InChI=1S/C18H19ClO4/c1-13(20)23-18(11-19)15-8-9-16(17(10-15)21-2)22-12-14-6-4-3-5-7-14/h3-10,18H,11-12H2,1-2H3/t18-/m1/s1. The van der Waals surface area contributed by atoms with Crippen LogP contribution in [0.25, 0.3) is 0 Å². The van der Waals surface area contributed by atoms with Gasteiger partial charge in [-0.1, -0.05) is 36.4 Å². The number of hydrogen-bond acceptors (Lipinski definition) is 4. The van der Waals surface area contributed by atoms with E-state index in [4.69, 9.17) is 25.8 Å². The van der Waals surface area contributed by atoms with Gasteiger partial charge in [0.15, 0.2) is 11.5 Å². The zero-order chi connectivity index (χ0) is 16.7. The van der Waals surface area contributed by atoms with Gasteiger partial charge >= 0.3 is 5.97 Å². The fourth-order valence-electron chi connectivity index (χ4n) is 2.13. The van der Waals surface area contributed by atoms with Gasteiger partial charge in [0, 0.05) is 6.92 Å². The summed E-state index contributed by atoms with van der Waals surface area (Å²) in [6.07, 6.45) is -0.508. The van der Waals surface area contributed by atoms with Crippen molar-refractivity contribution in [1.29, 1.82) is 0 Å². The van der Waals surface area contributed by atoms with Crippen LogP contribution in [0.3, 0.4) is 0 Å². The first-order valence-corrected chi connectivity index (χ1v) is 7.75. The minimum absolute atomic E-state index is 0.174. The van der Waals surface area contributed by atoms with Crippen molar-refractivity contribution in [2.45, 2.75) is 19.6 Å². The predicted octanol–water partition coefficient (Wildman–Crippen LogP) is 4.12. The van der Waals surface area contributed by atoms with Gasteiger partial charge in [-0.05, 0) is 23.3 Å². The van der Waals surface area contributed by atoms with Crippen LogP contribution in [0.15, 0.2) is 48.5 Å². The van der Waals surface area contributed by atoms with Crippen molar-refractivity contribution in [3.63, 3.8) is 0 Å². The maximum absolute atomic E-state index is 11.1. The summed E-state index contributed by atoms with van der Waals surface area (Å²) in [7, 11) is 1.57. The van der Waals surface area contributed by atoms with Gasteiger partial charge in [0.25, 0.3) is 0 Å². The van der Waals surface area contributed by atoms with Crippen LogP contribution in [0.5, 0.6) is 11.5 Å². The van der Waals surface area contributed by atoms with E-state index in [0.29, 0.717) is 18.1 Å². The molecule has 23 heavy (non-hydrogen) atoms. The van der Waals surface area contributed by atoms with Crippen molar-refractivity contribution < 1.29 is 19.0 Å². The monoisotopic (exact) mass is 334 g/mol. The van der Waals surface area contributed by atoms with E-state index in [1.54, 1.807) is 19.2 Å². The van der Waals surface area contributed by atoms with E-state index in [9.17, 15) is 4.79 Å². The number of carbonyl (C=O) groups excluding carboxylic acids is 1. The Balaban J connectivity index is 2.14. The van der Waals surface area contributed by atoms with Gasteiger partial charge in [0.05, 0.1) is 13.0 Å². The van der Waals surface area contributed by atoms with E-state index in [1.165, 1.54) is 6.92 Å². The van der Waals surface area contributed by atoms with Gasteiger partial charge in [0.1, 0.15) is 12.7 Å². The summed E-state index contributed by atoms with van der Waals surface area (Å²) in [6, 6.07) is 15.2. The predicted molar refractivity (Wildman–Crippen MR) is 89.0 cm³/mol. The summed E-state index contributed by atoms with van der Waals surface area (Å²) in [6.45, 7) is 1.80. The van der Waals surface area contributed by atoms with Gasteiger partial charge < -0.3 is 14.2 Å². The molecule has 2 aromatic carbocycles. The highest BCUT2D eigenvalue weighted by Crippen LogP contribution is 2.32. The number of carbonyl (C=O) groups is 1. The lowest BCUT2D eigenvalue weighted by Crippen LogP contribution is -2.10. The minimum Gasteiger partial charge on any atom is -0.493 e. The molecule has 1 atom stereocenters. The quantitative estimate of drug-likeness (QED) is 0.564. The Morgan fingerprint density at radius 2 is 1.87 bits per heavy atom. The van der Waals surface area contributed by atoms with Crippen LogP contribution in [0.1, 0.15) is 24.2 Å². The summed E-state index contributed by atoms with van der Waals surface area (Å²) >= 11 is 5.87. The molecule has 4 nitrogen and oxygen atoms in total. The molecule has 0 heterocycles. The van der Waals surface area contributed by atoms with Gasteiger partial charge in [-0.15, -0.1) is 11.6 Å². The lowest BCUT2D eigenvalue weighted by molar-refractivity contribution is -0.145. The molecule has 0 amide bonds. The van der Waals surface area contributed by atoms with E-state index in [-0.39, 0.29) is 11.8 Å². The number of rotatable bonds is 7. The van der Waals surface area contributed by atoms with Crippen molar-refractivity contribution in [3.05, 3.63) is 59.7 Å². The second-order valence-corrected chi connectivity index (χ2v) is 5.25. The molecule has 0 bridgehead atoms. The number of alkyl halides is 1. The highest BCUT2D eigenvalue weighted by molar-refractivity contribution is 6.18. The first-order chi connectivity index (χ1) is 11.1. The molecule has 0 unspecified atom stereocenters. The van der Waals surface area contributed by atoms with E-state index in [1.807, 2.05) is 36.4 Å². The number of benzene rings is 2. The average molecular weight is 335 g/mol. The maximum atomic E-state index is 11.1. The average Bonchev–Trinajstić information content (AvgIpc) is 2.58. The Bertz CT molecular complexity index is 643. The van der Waals surface area contributed by atoms with Gasteiger partial charge in [0.2, 0.25) is 0 Å². The zero-order valence-corrected chi connectivity index (χ0v) is 13.9. The van der Waals surface area contributed by atoms with Crippen LogP contribution in [0.4, 0.5) is 0 Å². The third-order valence-corrected chi connectivity index (χ3v) is 3.53. The molecule has 0 saturated carbocycles. The van der Waals surface area contributed by atoms with Crippen molar-refractivity contribution in [2.24, 2.45) is 0 Å². The third-order valence-electron chi connectivity index (χ3n) is 3.24. The van der Waals surface area contributed by atoms with Crippen molar-refractivity contribution in [1.82, 2.24) is 0 Å². The summed E-state index contributed by atoms with van der Waals surface area (Å²) in [4.78, 5) is 11.1. The second kappa shape index (κ2) is 8.44. The normalized spacial score (nSPS) is 11.6. The molecule has 122 valence electrons. The van der Waals surface area contributed by atoms with Crippen LogP contribution in [-0.2, 0) is 16.1 Å². The van der Waals surface area contributed by atoms with Gasteiger partial charge in [-0.25, -0.2) is 0 Å². The molecule has 5 heteroatoms. The lowest BCUT2D eigenvalue weighted by atomic mass is 10.1. The maximum Gasteiger partial charge on any atom is 0.303 e. The molecular weight excluding hydrogens is 316 g/mol. The largest absolute Gasteiger partial charge is 0.493 e. The molecule has 0 spiro atoms. The molecular formula is C18H19ClO4. The summed E-state index contributed by atoms with van der Waals surface area (Å²) in [5.74, 6) is 0.989. The summed E-state index contributed by atoms with van der Waals surface area (Å²) in [5, 5.41) is 0. The summed E-state index contributed by atoms with van der Waals surface area (Å²) in [5.41, 5.74) is 1.83. The van der Waals surface area contributed by atoms with Gasteiger partial charge in [-0.2, -0.15) is 0 Å². The van der Waals surface area contributed by atoms with Crippen molar-refractivity contribution >= 4 is 17.6 Å². The SMILES string of the molecule is COc1cc([C@@H](CCl)OC(C)=O)ccc1OCc1ccccc1. The first kappa shape index (κ1) is 17.2. The highest BCUT2D eigenvalue weighted by Gasteiger charge is 2.16. The topological polar surface area (TPSA) is 44.8 Å². The number of hydrogen-bond donors (Lipinski definition) is 0. The van der Waals surface area contributed by atoms with Crippen molar-refractivity contribution in [2.75, 3.05) is 13.0 Å². The zero-order valence-electron chi connectivity index (χ0n) is 13.1. The molecule has 0 N–H and O–H groups in total. The van der Waals surface area contributed by atoms with Crippen LogP contribution in [0, 0.1) is 0 Å². The van der Waals surface area contributed by atoms with E-state index >= 15 is 0 Å². The minimum atomic E-state index is -0.508. The van der Waals surface area contributed by atoms with E-state index in [2.05, 4.69) is 0 Å². The van der Waals surface area contributed by atoms with Crippen molar-refractivity contribution in [3.8, 4) is 11.5 Å². The molecule has 0 aliphatic rings. The van der Waals surface area contributed by atoms with Crippen LogP contribution >= 0.6 is 11.6 Å². The molecule has 0 aromatic heterocycles. The Hall–Kier alpha value is -2.20. The van der Waals surface area contributed by atoms with Crippen LogP contribution in [0.2, 0.25) is 0 Å². The number of esters is 1. The fraction of sp³-hybridized carbons (Fsp3) is 0.278. The molecule has 2 aromatic rings. The molecule has 0 aliphatic heterocycles. The Morgan fingerprint density at radius 3 is 2.48 bits per heavy atom. The smallest absolute Gasteiger partial charge is 0.303 e. The Labute approximate surface area is 140 Å². The Morgan fingerprint density at radius 1 is 1.13 bits per heavy atom. The number of halogens is 1. The van der Waals surface area contributed by atoms with Gasteiger partial charge in [-0.3, -0.25) is 4.79 Å². The van der Waals surface area contributed by atoms with E-state index < -0.39 is 6.10 Å². The second-order valence-electron chi connectivity index (χ2n) is 4.94. The molecule has 2 rings (SSSR count).